The number of aryl methyl sites for hydroxylation is 1. The largest absolute Gasteiger partial charge is 0.504 e. The molecule has 6 atom stereocenters. The minimum Gasteiger partial charge on any atom is -0.504 e. The Balaban J connectivity index is 1.33. The molecule has 0 aromatic heterocycles. The van der Waals surface area contributed by atoms with Crippen molar-refractivity contribution in [2.75, 3.05) is 17.4 Å². The molecule has 4 aromatic carbocycles. The Morgan fingerprint density at radius 1 is 0.904 bits per heavy atom. The number of phenols is 1. The molecular weight excluding hydrogens is 685 g/mol. The van der Waals surface area contributed by atoms with Crippen molar-refractivity contribution in [1.82, 2.24) is 5.01 Å². The number of carbonyl (C=O) groups excluding carboxylic acids is 4. The van der Waals surface area contributed by atoms with Crippen LogP contribution in [0.25, 0.3) is 0 Å². The molecule has 2 aliphatic heterocycles. The average Bonchev–Trinajstić information content (AvgIpc) is 3.53. The Kier molecular flexibility index (Phi) is 8.17. The molecular formula is C41H35ClFN3O6. The first-order valence-electron chi connectivity index (χ1n) is 17.3. The van der Waals surface area contributed by atoms with Gasteiger partial charge in [-0.1, -0.05) is 66.6 Å². The van der Waals surface area contributed by atoms with Crippen molar-refractivity contribution in [1.29, 1.82) is 0 Å². The third kappa shape index (κ3) is 4.87. The molecule has 2 saturated heterocycles. The lowest BCUT2D eigenvalue weighted by Crippen LogP contribution is -2.53. The van der Waals surface area contributed by atoms with Crippen LogP contribution in [0.5, 0.6) is 11.5 Å². The summed E-state index contributed by atoms with van der Waals surface area (Å²) in [6.45, 7) is 2.03. The van der Waals surface area contributed by atoms with Gasteiger partial charge in [0.05, 0.1) is 41.7 Å². The molecule has 2 heterocycles. The molecule has 0 radical (unpaired) electrons. The number of phenolic OH excluding ortho intramolecular Hbond substituents is 1. The number of benzene rings is 4. The molecule has 2 N–H and O–H groups in total. The van der Waals surface area contributed by atoms with Gasteiger partial charge < -0.3 is 9.84 Å². The number of hydrogen-bond donors (Lipinski definition) is 2. The van der Waals surface area contributed by atoms with E-state index in [0.29, 0.717) is 33.1 Å². The Labute approximate surface area is 304 Å². The highest BCUT2D eigenvalue weighted by Crippen LogP contribution is 2.65. The predicted octanol–water partition coefficient (Wildman–Crippen LogP) is 6.95. The third-order valence-corrected chi connectivity index (χ3v) is 11.7. The van der Waals surface area contributed by atoms with Crippen LogP contribution in [0.1, 0.15) is 42.4 Å². The van der Waals surface area contributed by atoms with Crippen molar-refractivity contribution >= 4 is 46.6 Å². The van der Waals surface area contributed by atoms with Gasteiger partial charge in [0.25, 0.3) is 11.8 Å². The van der Waals surface area contributed by atoms with Gasteiger partial charge in [-0.05, 0) is 90.9 Å². The van der Waals surface area contributed by atoms with Crippen LogP contribution >= 0.6 is 11.6 Å². The fourth-order valence-electron chi connectivity index (χ4n) is 9.07. The topological polar surface area (TPSA) is 116 Å². The normalized spacial score (nSPS) is 26.5. The van der Waals surface area contributed by atoms with E-state index in [-0.39, 0.29) is 36.2 Å². The second-order valence-electron chi connectivity index (χ2n) is 13.8. The lowest BCUT2D eigenvalue weighted by Gasteiger charge is -2.50. The summed E-state index contributed by atoms with van der Waals surface area (Å²) >= 11 is 6.36. The number of para-hydroxylation sites is 1. The summed E-state index contributed by atoms with van der Waals surface area (Å²) in [5.74, 6) is -6.45. The van der Waals surface area contributed by atoms with Crippen LogP contribution < -0.4 is 15.1 Å². The number of hydrazine groups is 1. The Morgan fingerprint density at radius 2 is 1.62 bits per heavy atom. The number of methoxy groups -OCH3 is 1. The molecule has 0 spiro atoms. The number of imide groups is 2. The van der Waals surface area contributed by atoms with Crippen LogP contribution in [0.4, 0.5) is 15.8 Å². The number of amides is 4. The first kappa shape index (κ1) is 33.7. The molecule has 1 saturated carbocycles. The number of halogens is 2. The number of fused-ring (bicyclic) bond motifs is 4. The van der Waals surface area contributed by atoms with Crippen LogP contribution in [0, 0.1) is 29.5 Å². The summed E-state index contributed by atoms with van der Waals surface area (Å²) in [4.78, 5) is 59.9. The first-order chi connectivity index (χ1) is 25.1. The molecule has 52 heavy (non-hydrogen) atoms. The van der Waals surface area contributed by atoms with Gasteiger partial charge in [0.1, 0.15) is 5.82 Å². The second kappa shape index (κ2) is 12.6. The minimum atomic E-state index is -1.63. The first-order valence-corrected chi connectivity index (χ1v) is 17.7. The Morgan fingerprint density at radius 3 is 2.29 bits per heavy atom. The van der Waals surface area contributed by atoms with Gasteiger partial charge >= 0.3 is 0 Å². The number of nitrogens with one attached hydrogen (secondary N) is 1. The van der Waals surface area contributed by atoms with Gasteiger partial charge in [0.15, 0.2) is 11.5 Å². The van der Waals surface area contributed by atoms with E-state index in [9.17, 15) is 23.9 Å². The van der Waals surface area contributed by atoms with Crippen molar-refractivity contribution in [3.8, 4) is 11.5 Å². The highest BCUT2D eigenvalue weighted by molar-refractivity contribution is 6.30. The van der Waals surface area contributed by atoms with E-state index >= 15 is 4.79 Å². The minimum absolute atomic E-state index is 0.0741. The fourth-order valence-corrected chi connectivity index (χ4v) is 9.20. The van der Waals surface area contributed by atoms with E-state index in [1.807, 2.05) is 25.1 Å². The maximum atomic E-state index is 15.3. The summed E-state index contributed by atoms with van der Waals surface area (Å²) in [6.07, 6.45) is 3.03. The van der Waals surface area contributed by atoms with Crippen LogP contribution in [-0.4, -0.2) is 40.9 Å². The monoisotopic (exact) mass is 719 g/mol. The number of rotatable bonds is 7. The number of ether oxygens (including phenoxy) is 1. The van der Waals surface area contributed by atoms with Gasteiger partial charge in [-0.2, -0.15) is 5.01 Å². The third-order valence-electron chi connectivity index (χ3n) is 11.4. The van der Waals surface area contributed by atoms with E-state index in [2.05, 4.69) is 5.43 Å². The molecule has 4 aliphatic rings. The molecule has 3 fully saturated rings. The molecule has 264 valence electrons. The van der Waals surface area contributed by atoms with Crippen LogP contribution in [0.3, 0.4) is 0 Å². The van der Waals surface area contributed by atoms with E-state index in [1.54, 1.807) is 54.6 Å². The number of nitrogens with zero attached hydrogens (tertiary/aromatic N) is 2. The summed E-state index contributed by atoms with van der Waals surface area (Å²) in [7, 11) is 1.42. The Bertz CT molecular complexity index is 2150. The molecule has 9 nitrogen and oxygen atoms in total. The summed E-state index contributed by atoms with van der Waals surface area (Å²) in [5.41, 5.74) is 4.67. The van der Waals surface area contributed by atoms with Crippen LogP contribution in [0.15, 0.2) is 103 Å². The molecule has 4 amide bonds. The smallest absolute Gasteiger partial charge is 0.260 e. The quantitative estimate of drug-likeness (QED) is 0.157. The van der Waals surface area contributed by atoms with Crippen LogP contribution in [-0.2, 0) is 31.0 Å². The van der Waals surface area contributed by atoms with Crippen molar-refractivity contribution in [2.24, 2.45) is 23.7 Å². The number of carbonyl (C=O) groups is 4. The van der Waals surface area contributed by atoms with Gasteiger partial charge in [-0.15, -0.1) is 0 Å². The van der Waals surface area contributed by atoms with Gasteiger partial charge in [0.2, 0.25) is 11.8 Å². The fraction of sp³-hybridized carbons (Fsp3) is 0.268. The van der Waals surface area contributed by atoms with Gasteiger partial charge in [-0.25, -0.2) is 4.39 Å². The van der Waals surface area contributed by atoms with Crippen molar-refractivity contribution in [3.05, 3.63) is 130 Å². The highest BCUT2D eigenvalue weighted by atomic mass is 35.5. The second-order valence-corrected chi connectivity index (χ2v) is 14.2. The maximum absolute atomic E-state index is 15.3. The van der Waals surface area contributed by atoms with E-state index in [1.165, 1.54) is 36.3 Å². The zero-order valence-corrected chi connectivity index (χ0v) is 29.1. The zero-order valence-electron chi connectivity index (χ0n) is 28.4. The number of hydrogen-bond acceptors (Lipinski definition) is 7. The lowest BCUT2D eigenvalue weighted by molar-refractivity contribution is -0.138. The number of allylic oxidation sites excluding steroid dienone is 2. The zero-order chi connectivity index (χ0) is 36.5. The van der Waals surface area contributed by atoms with Crippen LogP contribution in [0.2, 0.25) is 5.02 Å². The van der Waals surface area contributed by atoms with Crippen molar-refractivity contribution < 1.29 is 33.4 Å². The molecule has 4 aromatic rings. The van der Waals surface area contributed by atoms with E-state index in [0.717, 1.165) is 17.0 Å². The molecule has 2 aliphatic carbocycles. The van der Waals surface area contributed by atoms with Gasteiger partial charge in [0, 0.05) is 16.5 Å². The SMILES string of the molecule is CCc1ccc(N2C(=O)[C@H]3[C@H](CC=C4[C@H]3C[C@H]3C(=O)N(Nc5ccc(F)cc5)C(=O)[C@@]3(c3ccc(Cl)cc3)[C@H]4c3cccc(OC)c3O)C2=O)cc1. The summed E-state index contributed by atoms with van der Waals surface area (Å²) in [5, 5.41) is 13.2. The average molecular weight is 720 g/mol. The van der Waals surface area contributed by atoms with E-state index < -0.39 is 52.6 Å². The summed E-state index contributed by atoms with van der Waals surface area (Å²) in [6, 6.07) is 24.4. The number of aromatic hydroxyl groups is 1. The lowest BCUT2D eigenvalue weighted by atomic mass is 9.49. The standard InChI is InChI=1S/C41H35ClFN3O6/c1-3-22-7-17-27(18-8-22)45-37(48)29-20-19-28-31(34(29)39(45)50)21-32-38(49)46(44-26-15-13-25(43)14-16-26)40(51)41(32,23-9-11-24(42)12-10-23)35(28)30-5-4-6-33(52-2)36(30)47/h4-19,29,31-32,34-35,44,47H,3,20-21H2,1-2H3/t29-,31+,32-,34-,35+,41+/m0/s1. The highest BCUT2D eigenvalue weighted by Gasteiger charge is 2.70. The summed E-state index contributed by atoms with van der Waals surface area (Å²) < 4.78 is 19.4. The molecule has 11 heteroatoms. The number of anilines is 2. The van der Waals surface area contributed by atoms with Gasteiger partial charge in [-0.3, -0.25) is 29.5 Å². The molecule has 0 unspecified atom stereocenters. The van der Waals surface area contributed by atoms with E-state index in [4.69, 9.17) is 16.3 Å². The Hall–Kier alpha value is -5.48. The maximum Gasteiger partial charge on any atom is 0.260 e. The van der Waals surface area contributed by atoms with Crippen molar-refractivity contribution in [3.63, 3.8) is 0 Å². The van der Waals surface area contributed by atoms with Crippen molar-refractivity contribution in [2.45, 2.75) is 37.5 Å². The predicted molar refractivity (Wildman–Crippen MR) is 192 cm³/mol. The molecule has 8 rings (SSSR count). The molecule has 0 bridgehead atoms.